The Bertz CT molecular complexity index is 450. The Kier molecular flexibility index (Phi) is 6.00. The van der Waals surface area contributed by atoms with Crippen molar-refractivity contribution in [1.82, 2.24) is 5.32 Å². The summed E-state index contributed by atoms with van der Waals surface area (Å²) < 4.78 is 14.4. The van der Waals surface area contributed by atoms with Gasteiger partial charge in [0.05, 0.1) is 5.69 Å². The van der Waals surface area contributed by atoms with Crippen LogP contribution in [0.5, 0.6) is 0 Å². The summed E-state index contributed by atoms with van der Waals surface area (Å²) in [6.07, 6.45) is 3.02. The normalized spacial score (nSPS) is 20.6. The molecule has 1 saturated heterocycles. The van der Waals surface area contributed by atoms with Crippen LogP contribution in [0, 0.1) is 11.7 Å². The van der Waals surface area contributed by atoms with E-state index in [-0.39, 0.29) is 18.5 Å². The summed E-state index contributed by atoms with van der Waals surface area (Å²) in [5.41, 5.74) is 1.69. The molecule has 0 spiro atoms. The van der Waals surface area contributed by atoms with Crippen LogP contribution in [0.15, 0.2) is 18.2 Å². The lowest BCUT2D eigenvalue weighted by Crippen LogP contribution is -2.36. The number of anilines is 1. The van der Waals surface area contributed by atoms with E-state index in [1.54, 1.807) is 6.07 Å². The van der Waals surface area contributed by atoms with Crippen LogP contribution in [0.25, 0.3) is 0 Å². The molecule has 0 aliphatic carbocycles. The fourth-order valence-electron chi connectivity index (χ4n) is 3.18. The third-order valence-corrected chi connectivity index (χ3v) is 4.38. The SMILES string of the molecule is CCNC(C)c1ccc(N2CCCC(CCO)C2)c(F)c1. The summed E-state index contributed by atoms with van der Waals surface area (Å²) >= 11 is 0. The van der Waals surface area contributed by atoms with Gasteiger partial charge in [0.1, 0.15) is 5.82 Å². The topological polar surface area (TPSA) is 35.5 Å². The Hall–Kier alpha value is -1.13. The molecule has 2 atom stereocenters. The van der Waals surface area contributed by atoms with E-state index in [0.717, 1.165) is 44.5 Å². The van der Waals surface area contributed by atoms with Crippen molar-refractivity contribution >= 4 is 5.69 Å². The fraction of sp³-hybridized carbons (Fsp3) is 0.647. The van der Waals surface area contributed by atoms with Gasteiger partial charge < -0.3 is 15.3 Å². The second-order valence-corrected chi connectivity index (χ2v) is 5.96. The monoisotopic (exact) mass is 294 g/mol. The van der Waals surface area contributed by atoms with E-state index in [4.69, 9.17) is 5.11 Å². The number of nitrogens with zero attached hydrogens (tertiary/aromatic N) is 1. The van der Waals surface area contributed by atoms with Gasteiger partial charge in [-0.15, -0.1) is 0 Å². The van der Waals surface area contributed by atoms with E-state index in [1.165, 1.54) is 0 Å². The molecule has 1 aromatic carbocycles. The number of rotatable bonds is 6. The van der Waals surface area contributed by atoms with E-state index < -0.39 is 0 Å². The average molecular weight is 294 g/mol. The third-order valence-electron chi connectivity index (χ3n) is 4.38. The first-order chi connectivity index (χ1) is 10.2. The highest BCUT2D eigenvalue weighted by molar-refractivity contribution is 5.50. The van der Waals surface area contributed by atoms with Gasteiger partial charge in [0.25, 0.3) is 0 Å². The Morgan fingerprint density at radius 1 is 1.48 bits per heavy atom. The van der Waals surface area contributed by atoms with Crippen molar-refractivity contribution in [2.45, 2.75) is 39.2 Å². The van der Waals surface area contributed by atoms with Gasteiger partial charge in [-0.3, -0.25) is 0 Å². The largest absolute Gasteiger partial charge is 0.396 e. The van der Waals surface area contributed by atoms with E-state index in [9.17, 15) is 4.39 Å². The van der Waals surface area contributed by atoms with Crippen molar-refractivity contribution in [2.75, 3.05) is 31.1 Å². The molecular formula is C17H27FN2O. The van der Waals surface area contributed by atoms with Gasteiger partial charge in [0, 0.05) is 25.7 Å². The van der Waals surface area contributed by atoms with Crippen LogP contribution < -0.4 is 10.2 Å². The number of hydrogen-bond acceptors (Lipinski definition) is 3. The van der Waals surface area contributed by atoms with Crippen molar-refractivity contribution in [2.24, 2.45) is 5.92 Å². The molecule has 1 aliphatic heterocycles. The molecule has 0 saturated carbocycles. The molecule has 0 radical (unpaired) electrons. The molecule has 1 heterocycles. The Labute approximate surface area is 127 Å². The lowest BCUT2D eigenvalue weighted by Gasteiger charge is -2.34. The standard InChI is InChI=1S/C17H27FN2O/c1-3-19-13(2)15-6-7-17(16(18)11-15)20-9-4-5-14(12-20)8-10-21/h6-7,11,13-14,19,21H,3-5,8-10,12H2,1-2H3. The van der Waals surface area contributed by atoms with Gasteiger partial charge in [0.2, 0.25) is 0 Å². The number of aliphatic hydroxyl groups excluding tert-OH is 1. The quantitative estimate of drug-likeness (QED) is 0.846. The zero-order chi connectivity index (χ0) is 15.2. The highest BCUT2D eigenvalue weighted by atomic mass is 19.1. The minimum absolute atomic E-state index is 0.137. The summed E-state index contributed by atoms with van der Waals surface area (Å²) in [6, 6.07) is 5.74. The van der Waals surface area contributed by atoms with Crippen LogP contribution in [-0.4, -0.2) is 31.3 Å². The van der Waals surface area contributed by atoms with Gasteiger partial charge >= 0.3 is 0 Å². The summed E-state index contributed by atoms with van der Waals surface area (Å²) in [6.45, 7) is 6.95. The maximum atomic E-state index is 14.4. The lowest BCUT2D eigenvalue weighted by atomic mass is 9.94. The number of hydrogen-bond donors (Lipinski definition) is 2. The van der Waals surface area contributed by atoms with E-state index >= 15 is 0 Å². The minimum atomic E-state index is -0.137. The highest BCUT2D eigenvalue weighted by Gasteiger charge is 2.22. The van der Waals surface area contributed by atoms with Crippen LogP contribution in [0.3, 0.4) is 0 Å². The van der Waals surface area contributed by atoms with Crippen LogP contribution >= 0.6 is 0 Å². The molecule has 3 nitrogen and oxygen atoms in total. The first-order valence-corrected chi connectivity index (χ1v) is 8.04. The van der Waals surface area contributed by atoms with E-state index in [1.807, 2.05) is 12.1 Å². The molecule has 21 heavy (non-hydrogen) atoms. The molecule has 2 rings (SSSR count). The molecule has 0 bridgehead atoms. The van der Waals surface area contributed by atoms with Crippen molar-refractivity contribution in [3.05, 3.63) is 29.6 Å². The van der Waals surface area contributed by atoms with Crippen molar-refractivity contribution in [1.29, 1.82) is 0 Å². The first-order valence-electron chi connectivity index (χ1n) is 8.04. The molecule has 1 aromatic rings. The molecule has 1 aliphatic rings. The minimum Gasteiger partial charge on any atom is -0.396 e. The predicted molar refractivity (Wildman–Crippen MR) is 85.1 cm³/mol. The Balaban J connectivity index is 2.09. The number of nitrogens with one attached hydrogen (secondary N) is 1. The number of aliphatic hydroxyl groups is 1. The second kappa shape index (κ2) is 7.76. The van der Waals surface area contributed by atoms with Gasteiger partial charge in [0.15, 0.2) is 0 Å². The molecule has 118 valence electrons. The molecular weight excluding hydrogens is 267 g/mol. The Morgan fingerprint density at radius 3 is 2.95 bits per heavy atom. The van der Waals surface area contributed by atoms with Crippen LogP contribution in [0.1, 0.15) is 44.7 Å². The van der Waals surface area contributed by atoms with Gasteiger partial charge in [-0.25, -0.2) is 4.39 Å². The summed E-state index contributed by atoms with van der Waals surface area (Å²) in [4.78, 5) is 2.13. The zero-order valence-electron chi connectivity index (χ0n) is 13.1. The van der Waals surface area contributed by atoms with Crippen molar-refractivity contribution in [3.8, 4) is 0 Å². The second-order valence-electron chi connectivity index (χ2n) is 5.96. The maximum absolute atomic E-state index is 14.4. The highest BCUT2D eigenvalue weighted by Crippen LogP contribution is 2.28. The molecule has 2 unspecified atom stereocenters. The van der Waals surface area contributed by atoms with Crippen molar-refractivity contribution < 1.29 is 9.50 Å². The lowest BCUT2D eigenvalue weighted by molar-refractivity contribution is 0.244. The average Bonchev–Trinajstić information content (AvgIpc) is 2.48. The molecule has 1 fully saturated rings. The maximum Gasteiger partial charge on any atom is 0.146 e. The molecule has 0 aromatic heterocycles. The smallest absolute Gasteiger partial charge is 0.146 e. The Morgan fingerprint density at radius 2 is 2.29 bits per heavy atom. The fourth-order valence-corrected chi connectivity index (χ4v) is 3.18. The van der Waals surface area contributed by atoms with Crippen molar-refractivity contribution in [3.63, 3.8) is 0 Å². The van der Waals surface area contributed by atoms with Crippen LogP contribution in [0.4, 0.5) is 10.1 Å². The number of benzene rings is 1. The van der Waals surface area contributed by atoms with Crippen LogP contribution in [0.2, 0.25) is 0 Å². The number of halogens is 1. The third kappa shape index (κ3) is 4.17. The van der Waals surface area contributed by atoms with E-state index in [2.05, 4.69) is 24.1 Å². The summed E-state index contributed by atoms with van der Waals surface area (Å²) in [5, 5.41) is 12.4. The summed E-state index contributed by atoms with van der Waals surface area (Å²) in [7, 11) is 0. The molecule has 4 heteroatoms. The summed E-state index contributed by atoms with van der Waals surface area (Å²) in [5.74, 6) is 0.338. The van der Waals surface area contributed by atoms with Gasteiger partial charge in [-0.1, -0.05) is 13.0 Å². The predicted octanol–water partition coefficient (Wildman–Crippen LogP) is 3.10. The van der Waals surface area contributed by atoms with E-state index in [0.29, 0.717) is 11.6 Å². The first kappa shape index (κ1) is 16.2. The number of piperidine rings is 1. The molecule has 2 N–H and O–H groups in total. The van der Waals surface area contributed by atoms with Gasteiger partial charge in [-0.05, 0) is 56.3 Å². The van der Waals surface area contributed by atoms with Crippen LogP contribution in [-0.2, 0) is 0 Å². The molecule has 0 amide bonds. The zero-order valence-corrected chi connectivity index (χ0v) is 13.1. The van der Waals surface area contributed by atoms with Gasteiger partial charge in [-0.2, -0.15) is 0 Å².